The lowest BCUT2D eigenvalue weighted by Gasteiger charge is -2.38. The molecule has 1 fully saturated rings. The van der Waals surface area contributed by atoms with Gasteiger partial charge in [0.25, 0.3) is 0 Å². The first-order valence-electron chi connectivity index (χ1n) is 8.17. The summed E-state index contributed by atoms with van der Waals surface area (Å²) in [6.45, 7) is 4.99. The largest absolute Gasteiger partial charge is 0.361 e. The van der Waals surface area contributed by atoms with Crippen molar-refractivity contribution in [3.63, 3.8) is 0 Å². The number of carbonyl (C=O) groups is 1. The van der Waals surface area contributed by atoms with E-state index in [1.54, 1.807) is 11.3 Å². The fourth-order valence-corrected chi connectivity index (χ4v) is 4.73. The number of hydrogen-bond acceptors (Lipinski definition) is 6. The van der Waals surface area contributed by atoms with Gasteiger partial charge in [0.2, 0.25) is 5.91 Å². The van der Waals surface area contributed by atoms with E-state index in [0.29, 0.717) is 19.5 Å². The maximum Gasteiger partial charge on any atom is 0.226 e. The van der Waals surface area contributed by atoms with Crippen LogP contribution in [0.25, 0.3) is 10.6 Å². The Hall–Kier alpha value is -2.20. The van der Waals surface area contributed by atoms with Gasteiger partial charge in [-0.3, -0.25) is 4.79 Å². The molecule has 7 heteroatoms. The molecule has 0 N–H and O–H groups in total. The number of thiazole rings is 1. The van der Waals surface area contributed by atoms with Gasteiger partial charge in [-0.25, -0.2) is 4.98 Å². The van der Waals surface area contributed by atoms with Gasteiger partial charge < -0.3 is 9.42 Å². The lowest BCUT2D eigenvalue weighted by atomic mass is 9.88. The van der Waals surface area contributed by atoms with Gasteiger partial charge in [0.1, 0.15) is 10.8 Å². The third kappa shape index (κ3) is 2.42. The van der Waals surface area contributed by atoms with Crippen molar-refractivity contribution in [3.8, 4) is 16.6 Å². The third-order valence-electron chi connectivity index (χ3n) is 4.91. The molecule has 2 aliphatic rings. The molecule has 24 heavy (non-hydrogen) atoms. The molecule has 2 aromatic rings. The Morgan fingerprint density at radius 1 is 1.42 bits per heavy atom. The Kier molecular flexibility index (Phi) is 3.65. The summed E-state index contributed by atoms with van der Waals surface area (Å²) in [5.74, 6) is 0.976. The van der Waals surface area contributed by atoms with Gasteiger partial charge in [-0.05, 0) is 26.7 Å². The van der Waals surface area contributed by atoms with Crippen LogP contribution in [0.2, 0.25) is 0 Å². The smallest absolute Gasteiger partial charge is 0.226 e. The topological polar surface area (TPSA) is 83.0 Å². The minimum Gasteiger partial charge on any atom is -0.361 e. The fraction of sp³-hybridized carbons (Fsp3) is 0.529. The van der Waals surface area contributed by atoms with Gasteiger partial charge in [-0.15, -0.1) is 11.3 Å². The SMILES string of the molecule is Cc1noc(C)c1-c1nc2c(s1)CCC(C(=O)N1CC(C#N)C1)C2. The Morgan fingerprint density at radius 3 is 2.88 bits per heavy atom. The quantitative estimate of drug-likeness (QED) is 0.837. The number of likely N-dealkylation sites (tertiary alicyclic amines) is 1. The van der Waals surface area contributed by atoms with Crippen LogP contribution in [-0.4, -0.2) is 34.0 Å². The van der Waals surface area contributed by atoms with Gasteiger partial charge in [0, 0.05) is 30.3 Å². The molecule has 1 aliphatic carbocycles. The van der Waals surface area contributed by atoms with Crippen LogP contribution in [0, 0.1) is 37.0 Å². The van der Waals surface area contributed by atoms with Crippen molar-refractivity contribution in [1.82, 2.24) is 15.0 Å². The van der Waals surface area contributed by atoms with Crippen molar-refractivity contribution in [1.29, 1.82) is 5.26 Å². The molecule has 124 valence electrons. The average Bonchev–Trinajstić information content (AvgIpc) is 3.08. The van der Waals surface area contributed by atoms with Gasteiger partial charge in [-0.1, -0.05) is 5.16 Å². The van der Waals surface area contributed by atoms with Gasteiger partial charge in [0.05, 0.1) is 28.9 Å². The van der Waals surface area contributed by atoms with Crippen molar-refractivity contribution in [2.45, 2.75) is 33.1 Å². The first-order chi connectivity index (χ1) is 11.6. The van der Waals surface area contributed by atoms with Crippen LogP contribution in [0.5, 0.6) is 0 Å². The molecule has 4 rings (SSSR count). The van der Waals surface area contributed by atoms with Crippen molar-refractivity contribution < 1.29 is 9.32 Å². The number of amides is 1. The molecule has 1 unspecified atom stereocenters. The number of nitriles is 1. The standard InChI is InChI=1S/C17H18N4O2S/c1-9-15(10(2)23-20-9)16-19-13-5-12(3-4-14(13)24-16)17(22)21-7-11(6-18)8-21/h11-12H,3-5,7-8H2,1-2H3. The molecule has 0 radical (unpaired) electrons. The van der Waals surface area contributed by atoms with E-state index in [1.807, 2.05) is 18.7 Å². The number of nitrogens with zero attached hydrogens (tertiary/aromatic N) is 4. The van der Waals surface area contributed by atoms with Crippen molar-refractivity contribution in [2.75, 3.05) is 13.1 Å². The number of aromatic nitrogens is 2. The van der Waals surface area contributed by atoms with E-state index in [4.69, 9.17) is 14.8 Å². The Balaban J connectivity index is 1.52. The van der Waals surface area contributed by atoms with Crippen molar-refractivity contribution in [2.24, 2.45) is 11.8 Å². The highest BCUT2D eigenvalue weighted by molar-refractivity contribution is 7.15. The van der Waals surface area contributed by atoms with E-state index in [2.05, 4.69) is 11.2 Å². The number of fused-ring (bicyclic) bond motifs is 1. The Morgan fingerprint density at radius 2 is 2.21 bits per heavy atom. The van der Waals surface area contributed by atoms with E-state index < -0.39 is 0 Å². The highest BCUT2D eigenvalue weighted by Gasteiger charge is 2.36. The summed E-state index contributed by atoms with van der Waals surface area (Å²) in [5, 5.41) is 13.8. The van der Waals surface area contributed by atoms with E-state index in [0.717, 1.165) is 40.6 Å². The second kappa shape index (κ2) is 5.71. The van der Waals surface area contributed by atoms with E-state index >= 15 is 0 Å². The Bertz CT molecular complexity index is 822. The summed E-state index contributed by atoms with van der Waals surface area (Å²) in [7, 11) is 0. The monoisotopic (exact) mass is 342 g/mol. The maximum absolute atomic E-state index is 12.6. The number of carbonyl (C=O) groups excluding carboxylic acids is 1. The van der Waals surface area contributed by atoms with Crippen LogP contribution in [0.15, 0.2) is 4.52 Å². The molecule has 6 nitrogen and oxygen atoms in total. The predicted molar refractivity (Wildman–Crippen MR) is 88.3 cm³/mol. The van der Waals surface area contributed by atoms with E-state index in [-0.39, 0.29) is 17.7 Å². The average molecular weight is 342 g/mol. The minimum atomic E-state index is -0.00300. The van der Waals surface area contributed by atoms with Crippen LogP contribution in [-0.2, 0) is 17.6 Å². The summed E-state index contributed by atoms with van der Waals surface area (Å²) in [6, 6.07) is 2.21. The molecule has 2 aromatic heterocycles. The zero-order chi connectivity index (χ0) is 16.8. The van der Waals surface area contributed by atoms with Crippen molar-refractivity contribution in [3.05, 3.63) is 22.0 Å². The number of hydrogen-bond donors (Lipinski definition) is 0. The molecule has 0 saturated carbocycles. The minimum absolute atomic E-state index is 0.00300. The molecule has 3 heterocycles. The Labute approximate surface area is 144 Å². The molecular weight excluding hydrogens is 324 g/mol. The molecular formula is C17H18N4O2S. The number of rotatable bonds is 2. The number of aryl methyl sites for hydroxylation is 3. The van der Waals surface area contributed by atoms with Gasteiger partial charge in [-0.2, -0.15) is 5.26 Å². The van der Waals surface area contributed by atoms with Crippen molar-refractivity contribution >= 4 is 17.2 Å². The van der Waals surface area contributed by atoms with E-state index in [9.17, 15) is 4.79 Å². The van der Waals surface area contributed by atoms with Crippen LogP contribution in [0.4, 0.5) is 0 Å². The summed E-state index contributed by atoms with van der Waals surface area (Å²) in [6.07, 6.45) is 2.45. The fourth-order valence-electron chi connectivity index (χ4n) is 3.48. The summed E-state index contributed by atoms with van der Waals surface area (Å²) in [5.41, 5.74) is 2.88. The third-order valence-corrected chi connectivity index (χ3v) is 6.09. The van der Waals surface area contributed by atoms with Gasteiger partial charge in [0.15, 0.2) is 0 Å². The first-order valence-corrected chi connectivity index (χ1v) is 8.98. The zero-order valence-electron chi connectivity index (χ0n) is 13.7. The zero-order valence-corrected chi connectivity index (χ0v) is 14.5. The molecule has 1 saturated heterocycles. The highest BCUT2D eigenvalue weighted by Crippen LogP contribution is 2.37. The highest BCUT2D eigenvalue weighted by atomic mass is 32.1. The van der Waals surface area contributed by atoms with Crippen LogP contribution in [0.1, 0.15) is 28.4 Å². The second-order valence-electron chi connectivity index (χ2n) is 6.60. The second-order valence-corrected chi connectivity index (χ2v) is 7.68. The molecule has 0 aromatic carbocycles. The lowest BCUT2D eigenvalue weighted by molar-refractivity contribution is -0.141. The summed E-state index contributed by atoms with van der Waals surface area (Å²) < 4.78 is 5.24. The normalized spacial score (nSPS) is 20.4. The molecule has 1 amide bonds. The van der Waals surface area contributed by atoms with Crippen LogP contribution in [0.3, 0.4) is 0 Å². The van der Waals surface area contributed by atoms with Crippen LogP contribution >= 0.6 is 11.3 Å². The summed E-state index contributed by atoms with van der Waals surface area (Å²) in [4.78, 5) is 20.4. The van der Waals surface area contributed by atoms with Crippen LogP contribution < -0.4 is 0 Å². The first kappa shape index (κ1) is 15.3. The molecule has 1 atom stereocenters. The van der Waals surface area contributed by atoms with Gasteiger partial charge >= 0.3 is 0 Å². The lowest BCUT2D eigenvalue weighted by Crippen LogP contribution is -2.52. The maximum atomic E-state index is 12.6. The van der Waals surface area contributed by atoms with E-state index in [1.165, 1.54) is 4.88 Å². The predicted octanol–water partition coefficient (Wildman–Crippen LogP) is 2.50. The summed E-state index contributed by atoms with van der Waals surface area (Å²) >= 11 is 1.69. The molecule has 0 spiro atoms. The molecule has 1 aliphatic heterocycles. The molecule has 0 bridgehead atoms.